The van der Waals surface area contributed by atoms with E-state index in [1.165, 1.54) is 16.7 Å². The van der Waals surface area contributed by atoms with Gasteiger partial charge < -0.3 is 5.32 Å². The van der Waals surface area contributed by atoms with Gasteiger partial charge in [-0.2, -0.15) is 0 Å². The highest BCUT2D eigenvalue weighted by molar-refractivity contribution is 6.31. The van der Waals surface area contributed by atoms with Crippen LogP contribution >= 0.6 is 11.6 Å². The lowest BCUT2D eigenvalue weighted by molar-refractivity contribution is 0.548. The van der Waals surface area contributed by atoms with E-state index in [4.69, 9.17) is 11.6 Å². The summed E-state index contributed by atoms with van der Waals surface area (Å²) in [6.45, 7) is 7.33. The van der Waals surface area contributed by atoms with Crippen LogP contribution in [-0.4, -0.2) is 6.54 Å². The lowest BCUT2D eigenvalue weighted by atomic mass is 9.95. The molecule has 2 rings (SSSR count). The standard InChI is InChI=1S/C18H22ClN/c1-4-20-18(12-15-8-6-5-7-13(15)2)16-9-10-17(19)14(3)11-16/h5-11,18,20H,4,12H2,1-3H3. The second kappa shape index (κ2) is 6.92. The molecule has 20 heavy (non-hydrogen) atoms. The molecule has 0 aliphatic heterocycles. The van der Waals surface area contributed by atoms with Gasteiger partial charge in [0.2, 0.25) is 0 Å². The van der Waals surface area contributed by atoms with Crippen molar-refractivity contribution in [2.24, 2.45) is 0 Å². The summed E-state index contributed by atoms with van der Waals surface area (Å²) < 4.78 is 0. The molecule has 0 bridgehead atoms. The van der Waals surface area contributed by atoms with Gasteiger partial charge in [0, 0.05) is 11.1 Å². The van der Waals surface area contributed by atoms with Gasteiger partial charge in [0.15, 0.2) is 0 Å². The van der Waals surface area contributed by atoms with Crippen LogP contribution in [0.25, 0.3) is 0 Å². The van der Waals surface area contributed by atoms with Crippen LogP contribution in [0.15, 0.2) is 42.5 Å². The smallest absolute Gasteiger partial charge is 0.0435 e. The lowest BCUT2D eigenvalue weighted by Gasteiger charge is -2.20. The largest absolute Gasteiger partial charge is 0.310 e. The first-order valence-electron chi connectivity index (χ1n) is 7.15. The minimum atomic E-state index is 0.331. The van der Waals surface area contributed by atoms with Gasteiger partial charge in [0.25, 0.3) is 0 Å². The molecule has 1 N–H and O–H groups in total. The fourth-order valence-corrected chi connectivity index (χ4v) is 2.62. The molecule has 0 spiro atoms. The van der Waals surface area contributed by atoms with Crippen LogP contribution in [0.2, 0.25) is 5.02 Å². The van der Waals surface area contributed by atoms with E-state index in [0.29, 0.717) is 6.04 Å². The highest BCUT2D eigenvalue weighted by Crippen LogP contribution is 2.24. The van der Waals surface area contributed by atoms with E-state index in [2.05, 4.69) is 62.5 Å². The number of rotatable bonds is 5. The predicted octanol–water partition coefficient (Wildman–Crippen LogP) is 4.85. The molecule has 0 heterocycles. The van der Waals surface area contributed by atoms with Crippen molar-refractivity contribution in [3.05, 3.63) is 69.7 Å². The summed E-state index contributed by atoms with van der Waals surface area (Å²) in [5, 5.41) is 4.41. The maximum atomic E-state index is 6.13. The minimum absolute atomic E-state index is 0.331. The molecule has 1 unspecified atom stereocenters. The topological polar surface area (TPSA) is 12.0 Å². The third-order valence-corrected chi connectivity index (χ3v) is 4.14. The molecule has 1 nitrogen and oxygen atoms in total. The van der Waals surface area contributed by atoms with Crippen molar-refractivity contribution in [2.75, 3.05) is 6.54 Å². The molecule has 106 valence electrons. The average Bonchev–Trinajstić information content (AvgIpc) is 2.44. The van der Waals surface area contributed by atoms with Crippen molar-refractivity contribution in [2.45, 2.75) is 33.2 Å². The molecule has 2 aromatic rings. The quantitative estimate of drug-likeness (QED) is 0.829. The first-order chi connectivity index (χ1) is 9.61. The number of aryl methyl sites for hydroxylation is 2. The summed E-state index contributed by atoms with van der Waals surface area (Å²) >= 11 is 6.13. The molecule has 0 aliphatic carbocycles. The van der Waals surface area contributed by atoms with Gasteiger partial charge in [-0.1, -0.05) is 54.9 Å². The number of benzene rings is 2. The zero-order valence-corrected chi connectivity index (χ0v) is 13.2. The molecule has 0 saturated heterocycles. The molecule has 0 radical (unpaired) electrons. The summed E-state index contributed by atoms with van der Waals surface area (Å²) in [7, 11) is 0. The zero-order valence-electron chi connectivity index (χ0n) is 12.4. The Labute approximate surface area is 127 Å². The van der Waals surface area contributed by atoms with Crippen LogP contribution in [0, 0.1) is 13.8 Å². The van der Waals surface area contributed by atoms with Crippen molar-refractivity contribution >= 4 is 11.6 Å². The molecule has 0 saturated carbocycles. The fraction of sp³-hybridized carbons (Fsp3) is 0.333. The molecule has 2 heteroatoms. The van der Waals surface area contributed by atoms with Crippen molar-refractivity contribution in [1.82, 2.24) is 5.32 Å². The Morgan fingerprint density at radius 1 is 1.05 bits per heavy atom. The Morgan fingerprint density at radius 2 is 1.80 bits per heavy atom. The van der Waals surface area contributed by atoms with Crippen LogP contribution in [-0.2, 0) is 6.42 Å². The number of nitrogens with one attached hydrogen (secondary N) is 1. The van der Waals surface area contributed by atoms with Crippen molar-refractivity contribution < 1.29 is 0 Å². The molecular weight excluding hydrogens is 266 g/mol. The van der Waals surface area contributed by atoms with E-state index in [-0.39, 0.29) is 0 Å². The van der Waals surface area contributed by atoms with Gasteiger partial charge in [0.1, 0.15) is 0 Å². The van der Waals surface area contributed by atoms with Crippen molar-refractivity contribution in [1.29, 1.82) is 0 Å². The van der Waals surface area contributed by atoms with E-state index in [9.17, 15) is 0 Å². The summed E-state index contributed by atoms with van der Waals surface area (Å²) in [6, 6.07) is 15.2. The summed E-state index contributed by atoms with van der Waals surface area (Å²) in [5.74, 6) is 0. The maximum Gasteiger partial charge on any atom is 0.0435 e. The maximum absolute atomic E-state index is 6.13. The van der Waals surface area contributed by atoms with Crippen molar-refractivity contribution in [3.63, 3.8) is 0 Å². The highest BCUT2D eigenvalue weighted by Gasteiger charge is 2.13. The number of hydrogen-bond donors (Lipinski definition) is 1. The van der Waals surface area contributed by atoms with E-state index in [1.54, 1.807) is 0 Å². The molecule has 0 aromatic heterocycles. The molecule has 0 amide bonds. The third-order valence-electron chi connectivity index (χ3n) is 3.72. The van der Waals surface area contributed by atoms with E-state index >= 15 is 0 Å². The summed E-state index contributed by atoms with van der Waals surface area (Å²) in [6.07, 6.45) is 1.00. The Balaban J connectivity index is 2.27. The molecule has 1 atom stereocenters. The van der Waals surface area contributed by atoms with Gasteiger partial charge in [-0.15, -0.1) is 0 Å². The van der Waals surface area contributed by atoms with Gasteiger partial charge >= 0.3 is 0 Å². The van der Waals surface area contributed by atoms with Crippen LogP contribution in [0.3, 0.4) is 0 Å². The summed E-state index contributed by atoms with van der Waals surface area (Å²) in [4.78, 5) is 0. The number of hydrogen-bond acceptors (Lipinski definition) is 1. The second-order valence-corrected chi connectivity index (χ2v) is 5.66. The Hall–Kier alpha value is -1.31. The SMILES string of the molecule is CCNC(Cc1ccccc1C)c1ccc(Cl)c(C)c1. The van der Waals surface area contributed by atoms with Gasteiger partial charge in [-0.05, 0) is 55.1 Å². The molecule has 0 aliphatic rings. The van der Waals surface area contributed by atoms with Crippen LogP contribution in [0.4, 0.5) is 0 Å². The predicted molar refractivity (Wildman–Crippen MR) is 87.5 cm³/mol. The Kier molecular flexibility index (Phi) is 5.22. The van der Waals surface area contributed by atoms with Gasteiger partial charge in [-0.25, -0.2) is 0 Å². The van der Waals surface area contributed by atoms with Gasteiger partial charge in [0.05, 0.1) is 0 Å². The minimum Gasteiger partial charge on any atom is -0.310 e. The van der Waals surface area contributed by atoms with Crippen LogP contribution in [0.5, 0.6) is 0 Å². The van der Waals surface area contributed by atoms with Crippen LogP contribution in [0.1, 0.15) is 35.2 Å². The van der Waals surface area contributed by atoms with E-state index < -0.39 is 0 Å². The number of likely N-dealkylation sites (N-methyl/N-ethyl adjacent to an activating group) is 1. The van der Waals surface area contributed by atoms with E-state index in [0.717, 1.165) is 23.6 Å². The number of halogens is 1. The van der Waals surface area contributed by atoms with E-state index in [1.807, 2.05) is 6.07 Å². The molecular formula is C18H22ClN. The van der Waals surface area contributed by atoms with Crippen LogP contribution < -0.4 is 5.32 Å². The zero-order chi connectivity index (χ0) is 14.5. The first kappa shape index (κ1) is 15.1. The summed E-state index contributed by atoms with van der Waals surface area (Å²) in [5.41, 5.74) is 5.18. The Morgan fingerprint density at radius 3 is 2.45 bits per heavy atom. The average molecular weight is 288 g/mol. The molecule has 0 fully saturated rings. The Bertz CT molecular complexity index is 577. The van der Waals surface area contributed by atoms with Crippen molar-refractivity contribution in [3.8, 4) is 0 Å². The highest BCUT2D eigenvalue weighted by atomic mass is 35.5. The second-order valence-electron chi connectivity index (χ2n) is 5.25. The van der Waals surface area contributed by atoms with Gasteiger partial charge in [-0.3, -0.25) is 0 Å². The fourth-order valence-electron chi connectivity index (χ4n) is 2.50. The molecule has 2 aromatic carbocycles. The monoisotopic (exact) mass is 287 g/mol. The lowest BCUT2D eigenvalue weighted by Crippen LogP contribution is -2.23. The third kappa shape index (κ3) is 3.62. The first-order valence-corrected chi connectivity index (χ1v) is 7.53. The normalized spacial score (nSPS) is 12.4.